The summed E-state index contributed by atoms with van der Waals surface area (Å²) in [4.78, 5) is 22.5. The summed E-state index contributed by atoms with van der Waals surface area (Å²) in [6.07, 6.45) is 0. The van der Waals surface area contributed by atoms with E-state index < -0.39 is 5.97 Å². The third kappa shape index (κ3) is 1.04. The van der Waals surface area contributed by atoms with E-state index in [0.29, 0.717) is 10.4 Å². The second-order valence-corrected chi connectivity index (χ2v) is 3.77. The maximum atomic E-state index is 11.2. The summed E-state index contributed by atoms with van der Waals surface area (Å²) in [6, 6.07) is -0.181. The summed E-state index contributed by atoms with van der Waals surface area (Å²) in [5.41, 5.74) is 0.869. The molecule has 0 bridgehead atoms. The molecular weight excluding hydrogens is 190 g/mol. The smallest absolute Gasteiger partial charge is 0.336 e. The quantitative estimate of drug-likeness (QED) is 0.712. The Bertz CT molecular complexity index is 396. The number of nitrogens with one attached hydrogen (secondary N) is 1. The third-order valence-electron chi connectivity index (χ3n) is 2.05. The molecule has 13 heavy (non-hydrogen) atoms. The number of carboxylic acids is 1. The van der Waals surface area contributed by atoms with Gasteiger partial charge in [-0.1, -0.05) is 0 Å². The van der Waals surface area contributed by atoms with Crippen molar-refractivity contribution in [2.75, 3.05) is 0 Å². The van der Waals surface area contributed by atoms with E-state index in [1.54, 1.807) is 6.92 Å². The van der Waals surface area contributed by atoms with Crippen LogP contribution in [0.1, 0.15) is 38.6 Å². The van der Waals surface area contributed by atoms with Crippen molar-refractivity contribution in [1.82, 2.24) is 5.32 Å². The fraction of sp³-hybridized carbons (Fsp3) is 0.250. The molecule has 0 saturated carbocycles. The first-order valence-electron chi connectivity index (χ1n) is 3.77. The molecule has 0 saturated heterocycles. The minimum atomic E-state index is -0.971. The fourth-order valence-corrected chi connectivity index (χ4v) is 2.52. The lowest BCUT2D eigenvalue weighted by Gasteiger charge is -2.03. The van der Waals surface area contributed by atoms with Gasteiger partial charge in [-0.2, -0.15) is 0 Å². The molecule has 0 fully saturated rings. The first-order chi connectivity index (χ1) is 6.11. The van der Waals surface area contributed by atoms with Gasteiger partial charge in [-0.15, -0.1) is 11.3 Å². The summed E-state index contributed by atoms with van der Waals surface area (Å²) in [5.74, 6) is -1.14. The topological polar surface area (TPSA) is 66.4 Å². The highest BCUT2D eigenvalue weighted by molar-refractivity contribution is 7.12. The van der Waals surface area contributed by atoms with Gasteiger partial charge in [0.1, 0.15) is 0 Å². The van der Waals surface area contributed by atoms with E-state index in [1.165, 1.54) is 16.7 Å². The molecule has 0 unspecified atom stereocenters. The minimum absolute atomic E-state index is 0.167. The van der Waals surface area contributed by atoms with E-state index in [4.69, 9.17) is 5.11 Å². The van der Waals surface area contributed by atoms with E-state index in [-0.39, 0.29) is 17.5 Å². The van der Waals surface area contributed by atoms with Crippen molar-refractivity contribution in [3.8, 4) is 0 Å². The lowest BCUT2D eigenvalue weighted by Crippen LogP contribution is -2.17. The Kier molecular flexibility index (Phi) is 1.63. The average molecular weight is 197 g/mol. The molecule has 2 heterocycles. The molecule has 0 aliphatic carbocycles. The van der Waals surface area contributed by atoms with Crippen molar-refractivity contribution in [3.05, 3.63) is 21.4 Å². The Morgan fingerprint density at radius 3 is 3.00 bits per heavy atom. The Morgan fingerprint density at radius 1 is 1.69 bits per heavy atom. The Balaban J connectivity index is 2.60. The van der Waals surface area contributed by atoms with Crippen LogP contribution in [0.25, 0.3) is 0 Å². The number of rotatable bonds is 1. The molecular formula is C8H7NO3S. The number of hydrogen-bond acceptors (Lipinski definition) is 3. The highest BCUT2D eigenvalue weighted by Gasteiger charge is 2.32. The van der Waals surface area contributed by atoms with E-state index in [1.807, 2.05) is 0 Å². The highest BCUT2D eigenvalue weighted by atomic mass is 32.1. The van der Waals surface area contributed by atoms with Crippen molar-refractivity contribution in [1.29, 1.82) is 0 Å². The van der Waals surface area contributed by atoms with Crippen LogP contribution in [-0.4, -0.2) is 17.0 Å². The summed E-state index contributed by atoms with van der Waals surface area (Å²) in [6.45, 7) is 1.78. The van der Waals surface area contributed by atoms with Gasteiger partial charge < -0.3 is 10.4 Å². The van der Waals surface area contributed by atoms with Crippen LogP contribution in [0, 0.1) is 0 Å². The monoisotopic (exact) mass is 197 g/mol. The molecule has 2 rings (SSSR count). The van der Waals surface area contributed by atoms with E-state index in [2.05, 4.69) is 5.32 Å². The molecule has 1 aliphatic rings. The molecule has 5 heteroatoms. The summed E-state index contributed by atoms with van der Waals surface area (Å²) in [5, 5.41) is 13.0. The van der Waals surface area contributed by atoms with Gasteiger partial charge in [-0.3, -0.25) is 4.79 Å². The maximum absolute atomic E-state index is 11.2. The molecule has 68 valence electrons. The Hall–Kier alpha value is -1.36. The molecule has 0 spiro atoms. The zero-order valence-electron chi connectivity index (χ0n) is 6.83. The van der Waals surface area contributed by atoms with Gasteiger partial charge >= 0.3 is 5.97 Å². The van der Waals surface area contributed by atoms with Gasteiger partial charge in [0.05, 0.1) is 16.5 Å². The number of amides is 1. The van der Waals surface area contributed by atoms with Crippen LogP contribution in [0.2, 0.25) is 0 Å². The first-order valence-corrected chi connectivity index (χ1v) is 4.64. The number of fused-ring (bicyclic) bond motifs is 1. The van der Waals surface area contributed by atoms with E-state index in [9.17, 15) is 9.59 Å². The van der Waals surface area contributed by atoms with Gasteiger partial charge in [0, 0.05) is 10.9 Å². The zero-order valence-corrected chi connectivity index (χ0v) is 7.64. The molecule has 1 atom stereocenters. The second-order valence-electron chi connectivity index (χ2n) is 2.89. The first kappa shape index (κ1) is 8.25. The molecule has 1 amide bonds. The maximum Gasteiger partial charge on any atom is 0.336 e. The van der Waals surface area contributed by atoms with Crippen LogP contribution in [0.3, 0.4) is 0 Å². The van der Waals surface area contributed by atoms with Gasteiger partial charge in [-0.05, 0) is 6.92 Å². The normalized spacial score (nSPS) is 19.8. The van der Waals surface area contributed by atoms with Gasteiger partial charge in [-0.25, -0.2) is 4.79 Å². The van der Waals surface area contributed by atoms with Crippen LogP contribution in [0.4, 0.5) is 0 Å². The molecule has 1 aromatic heterocycles. The number of carbonyl (C=O) groups is 2. The number of carboxylic acid groups (broad SMARTS) is 1. The SMILES string of the molecule is C[C@@H]1NC(=O)c2scc(C(=O)O)c21. The number of thiophene rings is 1. The lowest BCUT2D eigenvalue weighted by atomic mass is 10.1. The van der Waals surface area contributed by atoms with E-state index in [0.717, 1.165) is 0 Å². The molecule has 0 radical (unpaired) electrons. The molecule has 2 N–H and O–H groups in total. The molecule has 0 aromatic carbocycles. The van der Waals surface area contributed by atoms with Crippen molar-refractivity contribution >= 4 is 23.2 Å². The van der Waals surface area contributed by atoms with Gasteiger partial charge in [0.15, 0.2) is 0 Å². The Labute approximate surface area is 78.2 Å². The van der Waals surface area contributed by atoms with Crippen LogP contribution in [0.15, 0.2) is 5.38 Å². The number of hydrogen-bond donors (Lipinski definition) is 2. The highest BCUT2D eigenvalue weighted by Crippen LogP contribution is 2.33. The largest absolute Gasteiger partial charge is 0.478 e. The average Bonchev–Trinajstić information content (AvgIpc) is 2.55. The summed E-state index contributed by atoms with van der Waals surface area (Å²) < 4.78 is 0. The van der Waals surface area contributed by atoms with Crippen LogP contribution < -0.4 is 5.32 Å². The van der Waals surface area contributed by atoms with Gasteiger partial charge in [0.25, 0.3) is 5.91 Å². The second kappa shape index (κ2) is 2.56. The molecule has 1 aliphatic heterocycles. The fourth-order valence-electron chi connectivity index (χ4n) is 1.47. The summed E-state index contributed by atoms with van der Waals surface area (Å²) in [7, 11) is 0. The van der Waals surface area contributed by atoms with Crippen LogP contribution in [-0.2, 0) is 0 Å². The van der Waals surface area contributed by atoms with Crippen molar-refractivity contribution < 1.29 is 14.7 Å². The van der Waals surface area contributed by atoms with E-state index >= 15 is 0 Å². The zero-order chi connectivity index (χ0) is 9.59. The lowest BCUT2D eigenvalue weighted by molar-refractivity contribution is 0.0695. The van der Waals surface area contributed by atoms with Crippen LogP contribution in [0.5, 0.6) is 0 Å². The van der Waals surface area contributed by atoms with Crippen molar-refractivity contribution in [2.45, 2.75) is 13.0 Å². The number of aromatic carboxylic acids is 1. The predicted molar refractivity (Wildman–Crippen MR) is 47.2 cm³/mol. The third-order valence-corrected chi connectivity index (χ3v) is 3.04. The van der Waals surface area contributed by atoms with Crippen molar-refractivity contribution in [2.24, 2.45) is 0 Å². The van der Waals surface area contributed by atoms with Crippen molar-refractivity contribution in [3.63, 3.8) is 0 Å². The summed E-state index contributed by atoms with van der Waals surface area (Å²) >= 11 is 1.19. The molecule has 4 nitrogen and oxygen atoms in total. The predicted octanol–water partition coefficient (Wildman–Crippen LogP) is 1.25. The van der Waals surface area contributed by atoms with Crippen LogP contribution >= 0.6 is 11.3 Å². The molecule has 1 aromatic rings. The Morgan fingerprint density at radius 2 is 2.38 bits per heavy atom. The van der Waals surface area contributed by atoms with Gasteiger partial charge in [0.2, 0.25) is 0 Å². The standard InChI is InChI=1S/C8H7NO3S/c1-3-5-4(8(11)12)2-13-6(5)7(10)9-3/h2-3H,1H3,(H,9,10)(H,11,12)/t3-/m0/s1. The minimum Gasteiger partial charge on any atom is -0.478 e. The number of carbonyl (C=O) groups excluding carboxylic acids is 1.